The van der Waals surface area contributed by atoms with Crippen LogP contribution in [0.25, 0.3) is 5.65 Å². The van der Waals surface area contributed by atoms with Crippen LogP contribution < -0.4 is 4.74 Å². The van der Waals surface area contributed by atoms with E-state index >= 15 is 0 Å². The van der Waals surface area contributed by atoms with Crippen molar-refractivity contribution >= 4 is 5.65 Å². The summed E-state index contributed by atoms with van der Waals surface area (Å²) in [6.45, 7) is 4.90. The third-order valence-electron chi connectivity index (χ3n) is 5.78. The standard InChI is InChI=1S/C26H28N4O2/c1-2-5-21(6-3-1)20-32-25-8-4-7-22(16-25)17-29-13-14-31-19-23(18-29)15-24-9-10-26-27-11-12-30(26)28-24/h1-12,16,23H,13-15,17-20H2. The molecule has 2 aromatic heterocycles. The molecular weight excluding hydrogens is 400 g/mol. The molecule has 0 spiro atoms. The molecule has 0 radical (unpaired) electrons. The minimum atomic E-state index is 0.406. The summed E-state index contributed by atoms with van der Waals surface area (Å²) >= 11 is 0. The molecular formula is C26H28N4O2. The minimum absolute atomic E-state index is 0.406. The molecule has 5 rings (SSSR count). The number of benzene rings is 2. The van der Waals surface area contributed by atoms with Crippen LogP contribution in [0.1, 0.15) is 16.8 Å². The largest absolute Gasteiger partial charge is 0.489 e. The zero-order valence-electron chi connectivity index (χ0n) is 18.1. The molecule has 32 heavy (non-hydrogen) atoms. The normalized spacial score (nSPS) is 17.3. The molecule has 1 aliphatic rings. The van der Waals surface area contributed by atoms with Gasteiger partial charge < -0.3 is 9.47 Å². The van der Waals surface area contributed by atoms with Gasteiger partial charge in [0, 0.05) is 37.9 Å². The highest BCUT2D eigenvalue weighted by molar-refractivity contribution is 5.36. The highest BCUT2D eigenvalue weighted by atomic mass is 16.5. The molecule has 4 aromatic rings. The molecule has 0 aliphatic carbocycles. The third-order valence-corrected chi connectivity index (χ3v) is 5.78. The molecule has 0 amide bonds. The lowest BCUT2D eigenvalue weighted by atomic mass is 10.0. The molecule has 1 saturated heterocycles. The quantitative estimate of drug-likeness (QED) is 0.445. The van der Waals surface area contributed by atoms with Gasteiger partial charge in [0.15, 0.2) is 5.65 Å². The van der Waals surface area contributed by atoms with Crippen molar-refractivity contribution < 1.29 is 9.47 Å². The van der Waals surface area contributed by atoms with Crippen LogP contribution in [0.2, 0.25) is 0 Å². The van der Waals surface area contributed by atoms with Gasteiger partial charge in [0.1, 0.15) is 12.4 Å². The summed E-state index contributed by atoms with van der Waals surface area (Å²) in [7, 11) is 0. The summed E-state index contributed by atoms with van der Waals surface area (Å²) in [5.41, 5.74) is 4.38. The number of aromatic nitrogens is 3. The van der Waals surface area contributed by atoms with Crippen molar-refractivity contribution in [3.63, 3.8) is 0 Å². The molecule has 2 aromatic carbocycles. The first-order valence-electron chi connectivity index (χ1n) is 11.2. The van der Waals surface area contributed by atoms with E-state index in [1.807, 2.05) is 41.0 Å². The highest BCUT2D eigenvalue weighted by Gasteiger charge is 2.20. The Bertz CT molecular complexity index is 1140. The lowest BCUT2D eigenvalue weighted by molar-refractivity contribution is 0.121. The van der Waals surface area contributed by atoms with Crippen molar-refractivity contribution in [2.75, 3.05) is 26.3 Å². The Morgan fingerprint density at radius 3 is 2.84 bits per heavy atom. The fraction of sp³-hybridized carbons (Fsp3) is 0.308. The van der Waals surface area contributed by atoms with Gasteiger partial charge in [-0.3, -0.25) is 4.90 Å². The first-order valence-corrected chi connectivity index (χ1v) is 11.2. The molecule has 0 N–H and O–H groups in total. The van der Waals surface area contributed by atoms with Crippen molar-refractivity contribution in [3.05, 3.63) is 95.9 Å². The van der Waals surface area contributed by atoms with Crippen LogP contribution in [0.15, 0.2) is 79.1 Å². The number of hydrogen-bond donors (Lipinski definition) is 0. The maximum Gasteiger partial charge on any atom is 0.153 e. The summed E-state index contributed by atoms with van der Waals surface area (Å²) < 4.78 is 13.8. The maximum atomic E-state index is 6.02. The first-order chi connectivity index (χ1) is 15.8. The van der Waals surface area contributed by atoms with Crippen molar-refractivity contribution in [2.45, 2.75) is 19.6 Å². The second kappa shape index (κ2) is 9.94. The van der Waals surface area contributed by atoms with Gasteiger partial charge in [-0.15, -0.1) is 0 Å². The Balaban J connectivity index is 1.20. The van der Waals surface area contributed by atoms with E-state index in [0.717, 1.165) is 56.4 Å². The Morgan fingerprint density at radius 2 is 1.91 bits per heavy atom. The lowest BCUT2D eigenvalue weighted by Gasteiger charge is -2.23. The van der Waals surface area contributed by atoms with E-state index in [0.29, 0.717) is 12.5 Å². The summed E-state index contributed by atoms with van der Waals surface area (Å²) in [5.74, 6) is 1.32. The monoisotopic (exact) mass is 428 g/mol. The van der Waals surface area contributed by atoms with Crippen LogP contribution in [-0.4, -0.2) is 45.8 Å². The Morgan fingerprint density at radius 1 is 1.00 bits per heavy atom. The zero-order valence-corrected chi connectivity index (χ0v) is 18.1. The molecule has 1 aliphatic heterocycles. The van der Waals surface area contributed by atoms with Crippen LogP contribution in [0.3, 0.4) is 0 Å². The van der Waals surface area contributed by atoms with Crippen molar-refractivity contribution in [1.82, 2.24) is 19.5 Å². The summed E-state index contributed by atoms with van der Waals surface area (Å²) in [6, 6.07) is 22.8. The van der Waals surface area contributed by atoms with Gasteiger partial charge in [0.05, 0.1) is 18.9 Å². The van der Waals surface area contributed by atoms with Gasteiger partial charge in [-0.2, -0.15) is 5.10 Å². The Hall–Kier alpha value is -3.22. The number of imidazole rings is 1. The van der Waals surface area contributed by atoms with E-state index in [1.165, 1.54) is 11.1 Å². The topological polar surface area (TPSA) is 51.9 Å². The molecule has 164 valence electrons. The molecule has 0 bridgehead atoms. The number of fused-ring (bicyclic) bond motifs is 1. The number of nitrogens with zero attached hydrogens (tertiary/aromatic N) is 4. The second-order valence-electron chi connectivity index (χ2n) is 8.36. The number of rotatable bonds is 7. The third kappa shape index (κ3) is 5.33. The van der Waals surface area contributed by atoms with E-state index in [9.17, 15) is 0 Å². The summed E-state index contributed by atoms with van der Waals surface area (Å²) in [5, 5.41) is 4.69. The van der Waals surface area contributed by atoms with Crippen LogP contribution in [0.5, 0.6) is 5.75 Å². The van der Waals surface area contributed by atoms with Gasteiger partial charge in [-0.1, -0.05) is 42.5 Å². The van der Waals surface area contributed by atoms with Crippen LogP contribution in [-0.2, 0) is 24.3 Å². The Kier molecular flexibility index (Phi) is 6.42. The van der Waals surface area contributed by atoms with E-state index in [-0.39, 0.29) is 0 Å². The van der Waals surface area contributed by atoms with E-state index in [2.05, 4.69) is 51.4 Å². The Labute approximate surface area is 188 Å². The van der Waals surface area contributed by atoms with Gasteiger partial charge in [0.25, 0.3) is 0 Å². The van der Waals surface area contributed by atoms with Gasteiger partial charge in [-0.05, 0) is 41.8 Å². The fourth-order valence-corrected chi connectivity index (χ4v) is 4.21. The van der Waals surface area contributed by atoms with Gasteiger partial charge >= 0.3 is 0 Å². The van der Waals surface area contributed by atoms with E-state index < -0.39 is 0 Å². The van der Waals surface area contributed by atoms with Crippen molar-refractivity contribution in [3.8, 4) is 5.75 Å². The molecule has 0 saturated carbocycles. The maximum absolute atomic E-state index is 6.02. The van der Waals surface area contributed by atoms with Crippen molar-refractivity contribution in [1.29, 1.82) is 0 Å². The van der Waals surface area contributed by atoms with Crippen molar-refractivity contribution in [2.24, 2.45) is 5.92 Å². The molecule has 1 atom stereocenters. The average Bonchev–Trinajstić information content (AvgIpc) is 3.18. The predicted octanol–water partition coefficient (Wildman–Crippen LogP) is 4.00. The highest BCUT2D eigenvalue weighted by Crippen LogP contribution is 2.19. The van der Waals surface area contributed by atoms with Crippen LogP contribution in [0, 0.1) is 5.92 Å². The number of ether oxygens (including phenoxy) is 2. The predicted molar refractivity (Wildman–Crippen MR) is 123 cm³/mol. The smallest absolute Gasteiger partial charge is 0.153 e. The first kappa shape index (κ1) is 20.7. The van der Waals surface area contributed by atoms with E-state index in [1.54, 1.807) is 6.20 Å². The van der Waals surface area contributed by atoms with Gasteiger partial charge in [0.2, 0.25) is 0 Å². The van der Waals surface area contributed by atoms with Crippen LogP contribution in [0.4, 0.5) is 0 Å². The second-order valence-corrected chi connectivity index (χ2v) is 8.36. The molecule has 1 fully saturated rings. The minimum Gasteiger partial charge on any atom is -0.489 e. The zero-order chi connectivity index (χ0) is 21.6. The summed E-state index contributed by atoms with van der Waals surface area (Å²) in [6.07, 6.45) is 4.56. The SMILES string of the molecule is c1ccc(COc2cccc(CN3CCOCC(Cc4ccc5nccn5n4)C3)c2)cc1. The van der Waals surface area contributed by atoms with Gasteiger partial charge in [-0.25, -0.2) is 9.50 Å². The molecule has 6 nitrogen and oxygen atoms in total. The summed E-state index contributed by atoms with van der Waals surface area (Å²) in [4.78, 5) is 6.75. The lowest BCUT2D eigenvalue weighted by Crippen LogP contribution is -2.30. The molecule has 3 heterocycles. The average molecular weight is 429 g/mol. The molecule has 1 unspecified atom stereocenters. The number of hydrogen-bond acceptors (Lipinski definition) is 5. The van der Waals surface area contributed by atoms with Crippen LogP contribution >= 0.6 is 0 Å². The molecule has 6 heteroatoms. The van der Waals surface area contributed by atoms with E-state index in [4.69, 9.17) is 9.47 Å². The fourth-order valence-electron chi connectivity index (χ4n) is 4.21.